The van der Waals surface area contributed by atoms with E-state index in [0.717, 1.165) is 42.0 Å². The molecule has 1 aliphatic carbocycles. The highest BCUT2D eigenvalue weighted by Crippen LogP contribution is 2.34. The first kappa shape index (κ1) is 24.6. The molecule has 0 unspecified atom stereocenters. The van der Waals surface area contributed by atoms with Crippen LogP contribution < -0.4 is 16.6 Å². The molecule has 184 valence electrons. The van der Waals surface area contributed by atoms with Gasteiger partial charge in [0.1, 0.15) is 16.2 Å². The fourth-order valence-electron chi connectivity index (χ4n) is 4.22. The van der Waals surface area contributed by atoms with Crippen molar-refractivity contribution in [3.63, 3.8) is 0 Å². The number of aromatic nitrogens is 4. The molecule has 2 heterocycles. The number of ether oxygens (including phenoxy) is 1. The number of nitrogens with zero attached hydrogens (tertiary/aromatic N) is 4. The monoisotopic (exact) mass is 497 g/mol. The number of hydrogen-bond donors (Lipinski definition) is 1. The first-order chi connectivity index (χ1) is 16.8. The van der Waals surface area contributed by atoms with Gasteiger partial charge in [0.15, 0.2) is 5.65 Å². The van der Waals surface area contributed by atoms with Crippen molar-refractivity contribution in [3.05, 3.63) is 56.5 Å². The second-order valence-corrected chi connectivity index (χ2v) is 9.34. The minimum absolute atomic E-state index is 0.0562. The molecule has 3 aromatic rings. The Hall–Kier alpha value is -3.47. The largest absolute Gasteiger partial charge is 0.462 e. The number of amides is 1. The van der Waals surface area contributed by atoms with Crippen molar-refractivity contribution in [3.8, 4) is 0 Å². The van der Waals surface area contributed by atoms with E-state index in [9.17, 15) is 19.2 Å². The first-order valence-corrected chi connectivity index (χ1v) is 12.5. The summed E-state index contributed by atoms with van der Waals surface area (Å²) < 4.78 is 7.42. The van der Waals surface area contributed by atoms with Crippen LogP contribution in [-0.4, -0.2) is 43.3 Å². The summed E-state index contributed by atoms with van der Waals surface area (Å²) in [7, 11) is 2.98. The number of aryl methyl sites for hydroxylation is 1. The molecule has 1 saturated carbocycles. The van der Waals surface area contributed by atoms with Crippen LogP contribution >= 0.6 is 11.8 Å². The molecule has 0 radical (unpaired) electrons. The molecule has 0 atom stereocenters. The smallest absolute Gasteiger partial charge is 0.340 e. The number of carbonyl (C=O) groups excluding carboxylic acids is 2. The summed E-state index contributed by atoms with van der Waals surface area (Å²) in [6, 6.07) is 6.60. The van der Waals surface area contributed by atoms with Crippen LogP contribution in [-0.2, 0) is 23.6 Å². The van der Waals surface area contributed by atoms with Gasteiger partial charge in [0.25, 0.3) is 5.56 Å². The van der Waals surface area contributed by atoms with Crippen molar-refractivity contribution < 1.29 is 14.3 Å². The molecule has 35 heavy (non-hydrogen) atoms. The Morgan fingerprint density at radius 3 is 2.54 bits per heavy atom. The zero-order valence-corrected chi connectivity index (χ0v) is 20.7. The maximum Gasteiger partial charge on any atom is 0.340 e. The number of nitrogens with one attached hydrogen (secondary N) is 1. The summed E-state index contributed by atoms with van der Waals surface area (Å²) in [4.78, 5) is 59.8. The number of para-hydroxylation sites is 1. The van der Waals surface area contributed by atoms with E-state index in [2.05, 4.69) is 15.3 Å². The average Bonchev–Trinajstić information content (AvgIpc) is 3.40. The highest BCUT2D eigenvalue weighted by molar-refractivity contribution is 8.00. The number of hydrogen-bond acceptors (Lipinski definition) is 8. The predicted octanol–water partition coefficient (Wildman–Crippen LogP) is 2.59. The lowest BCUT2D eigenvalue weighted by atomic mass is 10.1. The van der Waals surface area contributed by atoms with Crippen LogP contribution in [0.4, 0.5) is 5.69 Å². The maximum atomic E-state index is 13.0. The second-order valence-electron chi connectivity index (χ2n) is 8.38. The van der Waals surface area contributed by atoms with Crippen molar-refractivity contribution in [1.29, 1.82) is 0 Å². The molecule has 0 saturated heterocycles. The van der Waals surface area contributed by atoms with Gasteiger partial charge in [0.2, 0.25) is 5.91 Å². The minimum atomic E-state index is -0.525. The predicted molar refractivity (Wildman–Crippen MR) is 133 cm³/mol. The molecule has 1 fully saturated rings. The minimum Gasteiger partial charge on any atom is -0.462 e. The lowest BCUT2D eigenvalue weighted by molar-refractivity contribution is -0.113. The van der Waals surface area contributed by atoms with E-state index in [1.165, 1.54) is 11.6 Å². The van der Waals surface area contributed by atoms with Crippen molar-refractivity contribution >= 4 is 40.4 Å². The van der Waals surface area contributed by atoms with Crippen LogP contribution in [0.2, 0.25) is 0 Å². The van der Waals surface area contributed by atoms with Crippen LogP contribution in [0.3, 0.4) is 0 Å². The van der Waals surface area contributed by atoms with E-state index < -0.39 is 17.2 Å². The Labute approximate surface area is 205 Å². The summed E-state index contributed by atoms with van der Waals surface area (Å²) in [6.45, 7) is 1.93. The number of carbonyl (C=O) groups is 2. The number of rotatable bonds is 7. The molecule has 0 bridgehead atoms. The van der Waals surface area contributed by atoms with E-state index in [0.29, 0.717) is 16.5 Å². The van der Waals surface area contributed by atoms with E-state index >= 15 is 0 Å². The van der Waals surface area contributed by atoms with E-state index in [-0.39, 0.29) is 40.8 Å². The van der Waals surface area contributed by atoms with Gasteiger partial charge in [0, 0.05) is 20.0 Å². The van der Waals surface area contributed by atoms with Crippen LogP contribution in [0, 0.1) is 0 Å². The van der Waals surface area contributed by atoms with Crippen molar-refractivity contribution in [1.82, 2.24) is 19.1 Å². The van der Waals surface area contributed by atoms with Gasteiger partial charge in [-0.05, 0) is 31.9 Å². The van der Waals surface area contributed by atoms with Gasteiger partial charge in [-0.15, -0.1) is 0 Å². The lowest BCUT2D eigenvalue weighted by Crippen LogP contribution is -2.38. The summed E-state index contributed by atoms with van der Waals surface area (Å²) in [5, 5.41) is 3.31. The molecule has 1 aromatic carbocycles. The highest BCUT2D eigenvalue weighted by Gasteiger charge is 2.24. The summed E-state index contributed by atoms with van der Waals surface area (Å²) >= 11 is 1.10. The Kier molecular flexibility index (Phi) is 7.34. The van der Waals surface area contributed by atoms with Gasteiger partial charge < -0.3 is 10.1 Å². The zero-order valence-electron chi connectivity index (χ0n) is 19.9. The Morgan fingerprint density at radius 1 is 1.11 bits per heavy atom. The van der Waals surface area contributed by atoms with Gasteiger partial charge >= 0.3 is 11.7 Å². The summed E-state index contributed by atoms with van der Waals surface area (Å²) in [5.41, 5.74) is -0.105. The van der Waals surface area contributed by atoms with Crippen LogP contribution in [0.15, 0.2) is 38.9 Å². The molecular formula is C24H27N5O5S. The number of esters is 1. The molecule has 11 heteroatoms. The van der Waals surface area contributed by atoms with E-state index in [1.54, 1.807) is 38.2 Å². The summed E-state index contributed by atoms with van der Waals surface area (Å²) in [5.74, 6) is -0.206. The van der Waals surface area contributed by atoms with Crippen molar-refractivity contribution in [2.24, 2.45) is 14.1 Å². The quantitative estimate of drug-likeness (QED) is 0.300. The molecule has 1 aliphatic rings. The molecular weight excluding hydrogens is 470 g/mol. The van der Waals surface area contributed by atoms with Gasteiger partial charge in [-0.1, -0.05) is 36.7 Å². The summed E-state index contributed by atoms with van der Waals surface area (Å²) in [6.07, 6.45) is 4.04. The molecule has 1 amide bonds. The maximum absolute atomic E-state index is 13.0. The molecule has 0 aliphatic heterocycles. The highest BCUT2D eigenvalue weighted by atomic mass is 32.2. The third-order valence-electron chi connectivity index (χ3n) is 6.04. The van der Waals surface area contributed by atoms with Crippen molar-refractivity contribution in [2.45, 2.75) is 43.6 Å². The molecule has 0 spiro atoms. The number of thioether (sulfide) groups is 1. The Balaban J connectivity index is 1.65. The van der Waals surface area contributed by atoms with Crippen molar-refractivity contribution in [2.75, 3.05) is 17.7 Å². The zero-order chi connectivity index (χ0) is 25.1. The van der Waals surface area contributed by atoms with Gasteiger partial charge in [-0.3, -0.25) is 18.7 Å². The first-order valence-electron chi connectivity index (χ1n) is 11.5. The topological polar surface area (TPSA) is 125 Å². The van der Waals surface area contributed by atoms with Gasteiger partial charge in [-0.25, -0.2) is 19.6 Å². The Morgan fingerprint density at radius 2 is 1.83 bits per heavy atom. The normalized spacial score (nSPS) is 13.8. The van der Waals surface area contributed by atoms with E-state index in [1.807, 2.05) is 0 Å². The molecule has 2 aromatic heterocycles. The average molecular weight is 498 g/mol. The molecule has 4 rings (SSSR count). The van der Waals surface area contributed by atoms with E-state index in [4.69, 9.17) is 4.74 Å². The fourth-order valence-corrected chi connectivity index (χ4v) is 5.04. The fraction of sp³-hybridized carbons (Fsp3) is 0.417. The van der Waals surface area contributed by atoms with Crippen LogP contribution in [0.25, 0.3) is 11.0 Å². The third kappa shape index (κ3) is 5.00. The number of benzene rings is 1. The van der Waals surface area contributed by atoms with Crippen LogP contribution in [0.5, 0.6) is 0 Å². The van der Waals surface area contributed by atoms with Gasteiger partial charge in [-0.2, -0.15) is 0 Å². The van der Waals surface area contributed by atoms with Gasteiger partial charge in [0.05, 0.1) is 23.6 Å². The lowest BCUT2D eigenvalue weighted by Gasteiger charge is -2.14. The standard InChI is InChI=1S/C24H27N5O5S/c1-4-34-23(32)15-11-7-8-12-16(15)25-17(30)13-35-21-18-20(28(2)24(33)29(3)22(18)31)26-19(27-21)14-9-5-6-10-14/h7-8,11-12,14H,4-6,9-10,13H2,1-3H3,(H,25,30). The Bertz CT molecular complexity index is 1410. The molecule has 1 N–H and O–H groups in total. The number of anilines is 1. The third-order valence-corrected chi connectivity index (χ3v) is 7.02. The van der Waals surface area contributed by atoms with Crippen LogP contribution in [0.1, 0.15) is 54.7 Å². The SMILES string of the molecule is CCOC(=O)c1ccccc1NC(=O)CSc1nc(C2CCCC2)nc2c1c(=O)n(C)c(=O)n2C. The molecule has 10 nitrogen and oxygen atoms in total. The number of fused-ring (bicyclic) bond motifs is 1. The second kappa shape index (κ2) is 10.4.